The van der Waals surface area contributed by atoms with E-state index in [0.29, 0.717) is 25.8 Å². The normalized spacial score (nSPS) is 11.5. The molecule has 1 aromatic heterocycles. The Hall–Kier alpha value is -1.28. The van der Waals surface area contributed by atoms with Gasteiger partial charge in [-0.1, -0.05) is 13.8 Å². The van der Waals surface area contributed by atoms with Gasteiger partial charge in [0.15, 0.2) is 0 Å². The number of anilines is 1. The van der Waals surface area contributed by atoms with Crippen molar-refractivity contribution in [3.8, 4) is 0 Å². The third-order valence-electron chi connectivity index (χ3n) is 2.62. The van der Waals surface area contributed by atoms with Gasteiger partial charge in [0.25, 0.3) is 5.95 Å². The van der Waals surface area contributed by atoms with Crippen molar-refractivity contribution in [3.63, 3.8) is 0 Å². The summed E-state index contributed by atoms with van der Waals surface area (Å²) in [6.45, 7) is 4.39. The Kier molecular flexibility index (Phi) is 6.10. The topological polar surface area (TPSA) is 111 Å². The van der Waals surface area contributed by atoms with Gasteiger partial charge in [-0.25, -0.2) is 18.1 Å². The third-order valence-corrected chi connectivity index (χ3v) is 3.94. The van der Waals surface area contributed by atoms with Gasteiger partial charge < -0.3 is 5.73 Å². The molecule has 1 heterocycles. The van der Waals surface area contributed by atoms with E-state index in [1.165, 1.54) is 0 Å². The van der Waals surface area contributed by atoms with Crippen molar-refractivity contribution >= 4 is 16.0 Å². The molecule has 0 aromatic carbocycles. The van der Waals surface area contributed by atoms with Crippen molar-refractivity contribution in [3.05, 3.63) is 11.4 Å². The molecular weight excluding hydrogens is 266 g/mol. The number of aryl methyl sites for hydroxylation is 2. The van der Waals surface area contributed by atoms with E-state index in [2.05, 4.69) is 19.9 Å². The van der Waals surface area contributed by atoms with Crippen molar-refractivity contribution in [2.24, 2.45) is 5.73 Å². The van der Waals surface area contributed by atoms with Crippen molar-refractivity contribution in [1.29, 1.82) is 0 Å². The molecule has 0 bridgehead atoms. The zero-order valence-corrected chi connectivity index (χ0v) is 12.2. The van der Waals surface area contributed by atoms with Crippen LogP contribution in [0.15, 0.2) is 0 Å². The molecule has 7 nitrogen and oxygen atoms in total. The molecule has 0 aliphatic rings. The van der Waals surface area contributed by atoms with Gasteiger partial charge in [-0.15, -0.1) is 10.2 Å². The van der Waals surface area contributed by atoms with Gasteiger partial charge in [0, 0.05) is 0 Å². The molecule has 0 unspecified atom stereocenters. The average molecular weight is 287 g/mol. The first-order chi connectivity index (χ1) is 9.02. The summed E-state index contributed by atoms with van der Waals surface area (Å²) in [6.07, 6.45) is 2.62. The first-order valence-corrected chi connectivity index (χ1v) is 8.10. The molecule has 0 spiro atoms. The van der Waals surface area contributed by atoms with Gasteiger partial charge in [0.2, 0.25) is 10.0 Å². The monoisotopic (exact) mass is 287 g/mol. The maximum absolute atomic E-state index is 11.8. The highest BCUT2D eigenvalue weighted by atomic mass is 32.2. The van der Waals surface area contributed by atoms with Gasteiger partial charge in [-0.3, -0.25) is 0 Å². The van der Waals surface area contributed by atoms with E-state index in [4.69, 9.17) is 5.73 Å². The smallest absolute Gasteiger partial charge is 0.256 e. The highest BCUT2D eigenvalue weighted by molar-refractivity contribution is 7.92. The Morgan fingerprint density at radius 2 is 1.79 bits per heavy atom. The molecular formula is C11H21N5O2S. The zero-order chi connectivity index (χ0) is 14.3. The summed E-state index contributed by atoms with van der Waals surface area (Å²) < 4.78 is 25.9. The number of unbranched alkanes of at least 4 members (excludes halogenated alkanes) is 1. The number of aromatic nitrogens is 3. The number of hydrogen-bond acceptors (Lipinski definition) is 6. The summed E-state index contributed by atoms with van der Waals surface area (Å²) in [6, 6.07) is 0. The van der Waals surface area contributed by atoms with Gasteiger partial charge in [-0.2, -0.15) is 0 Å². The summed E-state index contributed by atoms with van der Waals surface area (Å²) in [5.74, 6) is 0.0617. The Bertz CT molecular complexity index is 504. The van der Waals surface area contributed by atoms with Crippen molar-refractivity contribution in [1.82, 2.24) is 15.2 Å². The minimum absolute atomic E-state index is 0.0184. The van der Waals surface area contributed by atoms with Crippen LogP contribution in [0.4, 0.5) is 5.95 Å². The fraction of sp³-hybridized carbons (Fsp3) is 0.727. The van der Waals surface area contributed by atoms with Crippen LogP contribution < -0.4 is 10.5 Å². The quantitative estimate of drug-likeness (QED) is 0.673. The van der Waals surface area contributed by atoms with Gasteiger partial charge in [0.05, 0.1) is 17.1 Å². The lowest BCUT2D eigenvalue weighted by atomic mass is 10.2. The standard InChI is InChI=1S/C11H21N5O2S/c1-3-9-10(4-2)14-15-11(13-9)16-19(17,18)8-6-5-7-12/h3-8,12H2,1-2H3,(H,13,15,16). The van der Waals surface area contributed by atoms with E-state index in [1.54, 1.807) is 0 Å². The second-order valence-electron chi connectivity index (χ2n) is 4.15. The molecule has 0 fully saturated rings. The first kappa shape index (κ1) is 15.8. The van der Waals surface area contributed by atoms with E-state index < -0.39 is 10.0 Å². The van der Waals surface area contributed by atoms with E-state index in [0.717, 1.165) is 17.8 Å². The second kappa shape index (κ2) is 7.34. The van der Waals surface area contributed by atoms with Crippen LogP contribution in [0.2, 0.25) is 0 Å². The summed E-state index contributed by atoms with van der Waals surface area (Å²) in [7, 11) is -3.42. The first-order valence-electron chi connectivity index (χ1n) is 6.45. The van der Waals surface area contributed by atoms with E-state index in [9.17, 15) is 8.42 Å². The number of rotatable bonds is 8. The maximum atomic E-state index is 11.8. The number of nitrogens with two attached hydrogens (primary N) is 1. The molecule has 0 aliphatic heterocycles. The molecule has 108 valence electrons. The van der Waals surface area contributed by atoms with Crippen LogP contribution in [-0.2, 0) is 22.9 Å². The molecule has 8 heteroatoms. The van der Waals surface area contributed by atoms with Crippen LogP contribution >= 0.6 is 0 Å². The molecule has 0 aliphatic carbocycles. The number of nitrogens with zero attached hydrogens (tertiary/aromatic N) is 3. The fourth-order valence-corrected chi connectivity index (χ4v) is 2.66. The lowest BCUT2D eigenvalue weighted by Crippen LogP contribution is -2.20. The Morgan fingerprint density at radius 3 is 2.37 bits per heavy atom. The molecule has 0 amide bonds. The van der Waals surface area contributed by atoms with Crippen LogP contribution in [0, 0.1) is 0 Å². The Morgan fingerprint density at radius 1 is 1.11 bits per heavy atom. The van der Waals surface area contributed by atoms with Crippen LogP contribution in [0.5, 0.6) is 0 Å². The summed E-state index contributed by atoms with van der Waals surface area (Å²) in [5, 5.41) is 7.78. The number of sulfonamides is 1. The molecule has 0 saturated heterocycles. The van der Waals surface area contributed by atoms with Gasteiger partial charge in [-0.05, 0) is 32.2 Å². The second-order valence-corrected chi connectivity index (χ2v) is 5.99. The SMILES string of the molecule is CCc1nnc(NS(=O)(=O)CCCCN)nc1CC. The van der Waals surface area contributed by atoms with Crippen molar-refractivity contribution < 1.29 is 8.42 Å². The molecule has 19 heavy (non-hydrogen) atoms. The predicted molar refractivity (Wildman–Crippen MR) is 74.3 cm³/mol. The van der Waals surface area contributed by atoms with E-state index in [-0.39, 0.29) is 11.7 Å². The number of hydrogen-bond donors (Lipinski definition) is 2. The minimum atomic E-state index is -3.42. The minimum Gasteiger partial charge on any atom is -0.330 e. The zero-order valence-electron chi connectivity index (χ0n) is 11.4. The average Bonchev–Trinajstić information content (AvgIpc) is 2.38. The van der Waals surface area contributed by atoms with Crippen LogP contribution in [0.3, 0.4) is 0 Å². The molecule has 0 saturated carbocycles. The molecule has 1 rings (SSSR count). The Balaban J connectivity index is 2.76. The van der Waals surface area contributed by atoms with Gasteiger partial charge in [0.1, 0.15) is 0 Å². The van der Waals surface area contributed by atoms with E-state index >= 15 is 0 Å². The lowest BCUT2D eigenvalue weighted by Gasteiger charge is -2.08. The van der Waals surface area contributed by atoms with Crippen LogP contribution in [-0.4, -0.2) is 35.9 Å². The molecule has 0 radical (unpaired) electrons. The summed E-state index contributed by atoms with van der Waals surface area (Å²) >= 11 is 0. The van der Waals surface area contributed by atoms with Crippen LogP contribution in [0.25, 0.3) is 0 Å². The van der Waals surface area contributed by atoms with Crippen molar-refractivity contribution in [2.75, 3.05) is 17.0 Å². The molecule has 3 N–H and O–H groups in total. The lowest BCUT2D eigenvalue weighted by molar-refractivity contribution is 0.596. The Labute approximate surface area is 114 Å². The highest BCUT2D eigenvalue weighted by Gasteiger charge is 2.13. The highest BCUT2D eigenvalue weighted by Crippen LogP contribution is 2.08. The number of nitrogens with one attached hydrogen (secondary N) is 1. The van der Waals surface area contributed by atoms with E-state index in [1.807, 2.05) is 13.8 Å². The summed E-state index contributed by atoms with van der Waals surface area (Å²) in [5.41, 5.74) is 6.91. The molecule has 0 atom stereocenters. The molecule has 1 aromatic rings. The third kappa shape index (κ3) is 5.07. The maximum Gasteiger partial charge on any atom is 0.256 e. The van der Waals surface area contributed by atoms with Crippen molar-refractivity contribution in [2.45, 2.75) is 39.5 Å². The summed E-state index contributed by atoms with van der Waals surface area (Å²) in [4.78, 5) is 4.19. The van der Waals surface area contributed by atoms with Gasteiger partial charge >= 0.3 is 0 Å². The fourth-order valence-electron chi connectivity index (χ4n) is 1.61. The predicted octanol–water partition coefficient (Wildman–Crippen LogP) is 0.477. The van der Waals surface area contributed by atoms with Crippen LogP contribution in [0.1, 0.15) is 38.1 Å². The largest absolute Gasteiger partial charge is 0.330 e.